The van der Waals surface area contributed by atoms with Gasteiger partial charge in [0.25, 0.3) is 0 Å². The Labute approximate surface area is 109 Å². The van der Waals surface area contributed by atoms with Gasteiger partial charge in [-0.15, -0.1) is 0 Å². The molecule has 0 aliphatic carbocycles. The lowest BCUT2D eigenvalue weighted by molar-refractivity contribution is 0.767. The van der Waals surface area contributed by atoms with Gasteiger partial charge in [-0.3, -0.25) is 0 Å². The fraction of sp³-hybridized carbons (Fsp3) is 0.143. The maximum Gasteiger partial charge on any atom is 0.179 e. The van der Waals surface area contributed by atoms with Crippen LogP contribution in [0.15, 0.2) is 36.4 Å². The summed E-state index contributed by atoms with van der Waals surface area (Å²) in [5.41, 5.74) is 9.77. The van der Waals surface area contributed by atoms with Crippen molar-refractivity contribution in [1.82, 2.24) is 15.0 Å². The molecule has 0 amide bonds. The van der Waals surface area contributed by atoms with E-state index in [0.29, 0.717) is 11.5 Å². The zero-order valence-electron chi connectivity index (χ0n) is 10.2. The van der Waals surface area contributed by atoms with Crippen molar-refractivity contribution in [2.24, 2.45) is 0 Å². The van der Waals surface area contributed by atoms with Crippen molar-refractivity contribution in [2.45, 2.75) is 12.5 Å². The number of rotatable bonds is 1. The number of benzene rings is 1. The Morgan fingerprint density at radius 1 is 1.11 bits per heavy atom. The minimum atomic E-state index is 0.174. The third-order valence-corrected chi connectivity index (χ3v) is 3.49. The molecule has 4 rings (SSSR count). The van der Waals surface area contributed by atoms with Gasteiger partial charge in [-0.05, 0) is 23.8 Å². The van der Waals surface area contributed by atoms with Gasteiger partial charge in [0.2, 0.25) is 0 Å². The minimum absolute atomic E-state index is 0.174. The van der Waals surface area contributed by atoms with Crippen molar-refractivity contribution in [3.8, 4) is 0 Å². The Kier molecular flexibility index (Phi) is 2.03. The van der Waals surface area contributed by atoms with Crippen molar-refractivity contribution >= 4 is 22.7 Å². The van der Waals surface area contributed by atoms with Crippen LogP contribution in [0.5, 0.6) is 0 Å². The first-order chi connectivity index (χ1) is 9.29. The molecule has 0 bridgehead atoms. The average Bonchev–Trinajstić information content (AvgIpc) is 3.00. The van der Waals surface area contributed by atoms with E-state index in [1.165, 1.54) is 11.3 Å². The number of hydrogen-bond acceptors (Lipinski definition) is 4. The van der Waals surface area contributed by atoms with Crippen molar-refractivity contribution in [1.29, 1.82) is 0 Å². The van der Waals surface area contributed by atoms with E-state index in [-0.39, 0.29) is 6.04 Å². The van der Waals surface area contributed by atoms with E-state index in [1.54, 1.807) is 6.07 Å². The van der Waals surface area contributed by atoms with Gasteiger partial charge in [-0.25, -0.2) is 9.97 Å². The maximum atomic E-state index is 5.67. The molecule has 1 aromatic carbocycles. The fourth-order valence-corrected chi connectivity index (χ4v) is 2.55. The maximum absolute atomic E-state index is 5.67. The number of aromatic nitrogens is 3. The molecule has 0 fully saturated rings. The number of nitrogens with two attached hydrogens (primary N) is 1. The highest BCUT2D eigenvalue weighted by atomic mass is 15.1. The van der Waals surface area contributed by atoms with Crippen LogP contribution in [-0.2, 0) is 6.42 Å². The number of nitrogens with zero attached hydrogens (tertiary/aromatic N) is 2. The average molecular weight is 251 g/mol. The molecule has 0 spiro atoms. The Morgan fingerprint density at radius 2 is 2.00 bits per heavy atom. The number of para-hydroxylation sites is 1. The van der Waals surface area contributed by atoms with E-state index >= 15 is 0 Å². The van der Waals surface area contributed by atoms with Gasteiger partial charge in [0, 0.05) is 12.1 Å². The first-order valence-corrected chi connectivity index (χ1v) is 6.26. The molecule has 94 valence electrons. The van der Waals surface area contributed by atoms with Gasteiger partial charge in [0.15, 0.2) is 5.65 Å². The van der Waals surface area contributed by atoms with Crippen LogP contribution in [0.3, 0.4) is 0 Å². The number of hydrogen-bond donors (Lipinski definition) is 3. The van der Waals surface area contributed by atoms with Crippen LogP contribution >= 0.6 is 0 Å². The molecule has 0 saturated carbocycles. The number of aromatic amines is 1. The second-order valence-corrected chi connectivity index (χ2v) is 4.79. The van der Waals surface area contributed by atoms with E-state index < -0.39 is 0 Å². The zero-order valence-corrected chi connectivity index (χ0v) is 10.2. The largest absolute Gasteiger partial charge is 0.384 e. The lowest BCUT2D eigenvalue weighted by atomic mass is 10.1. The molecule has 2 aromatic heterocycles. The molecule has 1 unspecified atom stereocenters. The zero-order chi connectivity index (χ0) is 12.8. The summed E-state index contributed by atoms with van der Waals surface area (Å²) in [6.07, 6.45) is 0.936. The molecule has 0 radical (unpaired) electrons. The summed E-state index contributed by atoms with van der Waals surface area (Å²) in [6.45, 7) is 0. The number of pyridine rings is 1. The molecule has 5 nitrogen and oxygen atoms in total. The third-order valence-electron chi connectivity index (χ3n) is 3.49. The first kappa shape index (κ1) is 10.4. The van der Waals surface area contributed by atoms with Crippen molar-refractivity contribution < 1.29 is 0 Å². The van der Waals surface area contributed by atoms with Crippen LogP contribution in [0.4, 0.5) is 11.5 Å². The second-order valence-electron chi connectivity index (χ2n) is 4.79. The predicted octanol–water partition coefficient (Wildman–Crippen LogP) is 2.25. The molecule has 1 aliphatic rings. The Hall–Kier alpha value is -2.56. The molecule has 0 saturated heterocycles. The minimum Gasteiger partial charge on any atom is -0.384 e. The van der Waals surface area contributed by atoms with Crippen LogP contribution in [0.2, 0.25) is 0 Å². The van der Waals surface area contributed by atoms with Gasteiger partial charge in [-0.2, -0.15) is 0 Å². The number of anilines is 2. The highest BCUT2D eigenvalue weighted by molar-refractivity contribution is 5.73. The van der Waals surface area contributed by atoms with E-state index in [4.69, 9.17) is 5.73 Å². The van der Waals surface area contributed by atoms with Crippen LogP contribution in [0.1, 0.15) is 17.4 Å². The van der Waals surface area contributed by atoms with Crippen molar-refractivity contribution in [2.75, 3.05) is 11.1 Å². The summed E-state index contributed by atoms with van der Waals surface area (Å²) < 4.78 is 0. The van der Waals surface area contributed by atoms with Gasteiger partial charge in [0.05, 0.1) is 11.6 Å². The fourth-order valence-electron chi connectivity index (χ4n) is 2.55. The third kappa shape index (κ3) is 1.62. The highest BCUT2D eigenvalue weighted by Crippen LogP contribution is 2.33. The Bertz CT molecular complexity index is 736. The number of imidazole rings is 1. The number of nitrogen functional groups attached to an aromatic ring is 1. The van der Waals surface area contributed by atoms with Crippen LogP contribution in [0, 0.1) is 0 Å². The quantitative estimate of drug-likeness (QED) is 0.619. The number of fused-ring (bicyclic) bond motifs is 2. The van der Waals surface area contributed by atoms with Crippen molar-refractivity contribution in [3.63, 3.8) is 0 Å². The monoisotopic (exact) mass is 251 g/mol. The molecule has 19 heavy (non-hydrogen) atoms. The van der Waals surface area contributed by atoms with Gasteiger partial charge in [0.1, 0.15) is 11.6 Å². The van der Waals surface area contributed by atoms with Crippen LogP contribution in [-0.4, -0.2) is 15.0 Å². The van der Waals surface area contributed by atoms with Gasteiger partial charge in [-0.1, -0.05) is 18.2 Å². The smallest absolute Gasteiger partial charge is 0.179 e. The van der Waals surface area contributed by atoms with Crippen LogP contribution in [0.25, 0.3) is 11.2 Å². The van der Waals surface area contributed by atoms with Gasteiger partial charge < -0.3 is 16.0 Å². The molecule has 1 aliphatic heterocycles. The normalized spacial score (nSPS) is 17.4. The van der Waals surface area contributed by atoms with Gasteiger partial charge >= 0.3 is 0 Å². The van der Waals surface area contributed by atoms with E-state index in [2.05, 4.69) is 38.5 Å². The lowest BCUT2D eigenvalue weighted by Gasteiger charge is -2.06. The topological polar surface area (TPSA) is 79.6 Å². The Balaban J connectivity index is 1.73. The standard InChI is InChI=1S/C14H13N5/c15-12-6-5-10-13(18-12)19-14(17-10)11-7-8-3-1-2-4-9(8)16-11/h1-6,11,16H,7H2,(H3,15,17,18,19). The van der Waals surface area contributed by atoms with Crippen molar-refractivity contribution in [3.05, 3.63) is 47.8 Å². The summed E-state index contributed by atoms with van der Waals surface area (Å²) in [5, 5.41) is 3.47. The summed E-state index contributed by atoms with van der Waals surface area (Å²) in [5.74, 6) is 1.40. The molecule has 5 heteroatoms. The summed E-state index contributed by atoms with van der Waals surface area (Å²) in [7, 11) is 0. The second kappa shape index (κ2) is 3.71. The van der Waals surface area contributed by atoms with E-state index in [0.717, 1.165) is 17.8 Å². The molecular formula is C14H13N5. The van der Waals surface area contributed by atoms with E-state index in [1.807, 2.05) is 12.1 Å². The lowest BCUT2D eigenvalue weighted by Crippen LogP contribution is -2.07. The molecule has 4 N–H and O–H groups in total. The summed E-state index contributed by atoms with van der Waals surface area (Å²) in [6, 6.07) is 12.2. The summed E-state index contributed by atoms with van der Waals surface area (Å²) >= 11 is 0. The number of nitrogens with one attached hydrogen (secondary N) is 2. The highest BCUT2D eigenvalue weighted by Gasteiger charge is 2.24. The first-order valence-electron chi connectivity index (χ1n) is 6.26. The molecule has 3 aromatic rings. The SMILES string of the molecule is Nc1ccc2[nH]c(C3Cc4ccccc4N3)nc2n1. The molecular weight excluding hydrogens is 238 g/mol. The molecule has 3 heterocycles. The Morgan fingerprint density at radius 3 is 2.89 bits per heavy atom. The summed E-state index contributed by atoms with van der Waals surface area (Å²) in [4.78, 5) is 12.1. The number of H-pyrrole nitrogens is 1. The van der Waals surface area contributed by atoms with E-state index in [9.17, 15) is 0 Å². The predicted molar refractivity (Wildman–Crippen MR) is 74.8 cm³/mol. The van der Waals surface area contributed by atoms with Crippen LogP contribution < -0.4 is 11.1 Å². The molecule has 1 atom stereocenters.